The summed E-state index contributed by atoms with van der Waals surface area (Å²) in [7, 11) is -2.45. The molecule has 0 heterocycles. The van der Waals surface area contributed by atoms with E-state index in [4.69, 9.17) is 9.16 Å². The molecule has 0 amide bonds. The molecule has 2 aromatic rings. The first kappa shape index (κ1) is 31.8. The van der Waals surface area contributed by atoms with E-state index in [-0.39, 0.29) is 17.2 Å². The van der Waals surface area contributed by atoms with E-state index in [9.17, 15) is 10.1 Å². The fraction of sp³-hybridized carbons (Fsp3) is 0.562. The van der Waals surface area contributed by atoms with Crippen LogP contribution < -0.4 is 9.92 Å². The number of unbranched alkanes of at least 4 members (excludes halogenated alkanes) is 13. The summed E-state index contributed by atoms with van der Waals surface area (Å²) in [5, 5.41) is 12.4. The molecule has 0 radical (unpaired) electrons. The van der Waals surface area contributed by atoms with Gasteiger partial charge in [0.1, 0.15) is 5.75 Å². The Morgan fingerprint density at radius 3 is 1.87 bits per heavy atom. The van der Waals surface area contributed by atoms with Gasteiger partial charge in [0.05, 0.1) is 23.7 Å². The van der Waals surface area contributed by atoms with Crippen LogP contribution in [0.2, 0.25) is 6.55 Å². The number of ether oxygens (including phenoxy) is 1. The molecule has 0 aliphatic rings. The first-order valence-electron chi connectivity index (χ1n) is 14.7. The van der Waals surface area contributed by atoms with Gasteiger partial charge in [0.15, 0.2) is 0 Å². The van der Waals surface area contributed by atoms with Crippen LogP contribution in [0.4, 0.5) is 5.69 Å². The van der Waals surface area contributed by atoms with Gasteiger partial charge >= 0.3 is 0 Å². The number of nitro benzene ring substituents is 1. The van der Waals surface area contributed by atoms with Gasteiger partial charge in [-0.1, -0.05) is 120 Å². The predicted molar refractivity (Wildman–Crippen MR) is 162 cm³/mol. The number of para-hydroxylation sites is 1. The third kappa shape index (κ3) is 12.0. The molecule has 0 saturated carbocycles. The summed E-state index contributed by atoms with van der Waals surface area (Å²) in [6.45, 7) is 9.25. The van der Waals surface area contributed by atoms with E-state index in [0.29, 0.717) is 5.56 Å². The van der Waals surface area contributed by atoms with Crippen LogP contribution in [0.1, 0.15) is 102 Å². The van der Waals surface area contributed by atoms with Crippen LogP contribution in [0.25, 0.3) is 0 Å². The molecule has 0 fully saturated rings. The lowest BCUT2D eigenvalue weighted by molar-refractivity contribution is -0.385. The van der Waals surface area contributed by atoms with Crippen LogP contribution in [0.15, 0.2) is 60.8 Å². The van der Waals surface area contributed by atoms with E-state index in [1.54, 1.807) is 18.2 Å². The maximum absolute atomic E-state index is 11.3. The number of rotatable bonds is 22. The van der Waals surface area contributed by atoms with Gasteiger partial charge in [0.2, 0.25) is 8.32 Å². The molecular weight excluding hydrogens is 490 g/mol. The minimum absolute atomic E-state index is 0.0835. The van der Waals surface area contributed by atoms with Gasteiger partial charge in [-0.15, -0.1) is 6.58 Å². The molecule has 1 unspecified atom stereocenters. The van der Waals surface area contributed by atoms with Crippen molar-refractivity contribution in [1.82, 2.24) is 0 Å². The van der Waals surface area contributed by atoms with Crippen molar-refractivity contribution in [1.29, 1.82) is 0 Å². The van der Waals surface area contributed by atoms with Gasteiger partial charge in [-0.05, 0) is 36.4 Å². The molecule has 5 nitrogen and oxygen atoms in total. The average molecular weight is 540 g/mol. The highest BCUT2D eigenvalue weighted by atomic mass is 28.4. The third-order valence-corrected chi connectivity index (χ3v) is 10.3. The second-order valence-corrected chi connectivity index (χ2v) is 13.9. The van der Waals surface area contributed by atoms with E-state index >= 15 is 0 Å². The van der Waals surface area contributed by atoms with Crippen LogP contribution in [-0.4, -0.2) is 19.8 Å². The average Bonchev–Trinajstić information content (AvgIpc) is 2.94. The minimum Gasteiger partial charge on any atom is -0.494 e. The maximum atomic E-state index is 11.3. The first-order chi connectivity index (χ1) is 18.5. The van der Waals surface area contributed by atoms with Crippen molar-refractivity contribution in [2.45, 2.75) is 110 Å². The van der Waals surface area contributed by atoms with Crippen LogP contribution in [0.5, 0.6) is 5.75 Å². The number of hydrogen-bond donors (Lipinski definition) is 0. The van der Waals surface area contributed by atoms with E-state index in [1.807, 2.05) is 30.0 Å². The fourth-order valence-electron chi connectivity index (χ4n) is 4.67. The van der Waals surface area contributed by atoms with Crippen molar-refractivity contribution in [2.75, 3.05) is 6.61 Å². The Hall–Kier alpha value is -2.44. The Morgan fingerprint density at radius 1 is 0.816 bits per heavy atom. The fourth-order valence-corrected chi connectivity index (χ4v) is 6.47. The normalized spacial score (nSPS) is 12.7. The van der Waals surface area contributed by atoms with E-state index < -0.39 is 8.32 Å². The summed E-state index contributed by atoms with van der Waals surface area (Å²) in [6.07, 6.45) is 18.9. The number of hydrogen-bond acceptors (Lipinski definition) is 4. The van der Waals surface area contributed by atoms with Crippen LogP contribution in [0.3, 0.4) is 0 Å². The second kappa shape index (κ2) is 18.7. The quantitative estimate of drug-likeness (QED) is 0.0647. The SMILES string of the molecule is C=C[Si](C)(OCc1ccccc1[N+](=O)[O-])c1ccc(OCCCCCCCCCCCCCCCC)cc1. The molecule has 0 N–H and O–H groups in total. The number of benzene rings is 2. The van der Waals surface area contributed by atoms with Crippen LogP contribution >= 0.6 is 0 Å². The highest BCUT2D eigenvalue weighted by Crippen LogP contribution is 2.21. The van der Waals surface area contributed by atoms with Crippen molar-refractivity contribution < 1.29 is 14.1 Å². The summed E-state index contributed by atoms with van der Waals surface area (Å²) < 4.78 is 12.2. The van der Waals surface area contributed by atoms with E-state index in [1.165, 1.54) is 89.5 Å². The van der Waals surface area contributed by atoms with Gasteiger partial charge in [-0.25, -0.2) is 0 Å². The summed E-state index contributed by atoms with van der Waals surface area (Å²) in [5.41, 5.74) is 2.53. The molecule has 0 aliphatic carbocycles. The minimum atomic E-state index is -2.45. The van der Waals surface area contributed by atoms with Gasteiger partial charge in [-0.2, -0.15) is 0 Å². The van der Waals surface area contributed by atoms with Gasteiger partial charge in [0, 0.05) is 6.07 Å². The third-order valence-electron chi connectivity index (χ3n) is 7.30. The van der Waals surface area contributed by atoms with Gasteiger partial charge < -0.3 is 9.16 Å². The van der Waals surface area contributed by atoms with E-state index in [2.05, 4.69) is 20.0 Å². The first-order valence-corrected chi connectivity index (χ1v) is 17.2. The van der Waals surface area contributed by atoms with Crippen molar-refractivity contribution in [3.63, 3.8) is 0 Å². The lowest BCUT2D eigenvalue weighted by Crippen LogP contribution is -2.46. The van der Waals surface area contributed by atoms with Crippen molar-refractivity contribution in [3.8, 4) is 5.75 Å². The standard InChI is InChI=1S/C32H49NO4Si/c1-4-6-7-8-9-10-11-12-13-14-15-16-17-20-27-36-30-23-25-31(26-24-30)38(3,5-2)37-28-29-21-18-19-22-32(29)33(34)35/h5,18-19,21-26H,2,4,6-17,20,27-28H2,1,3H3. The molecule has 210 valence electrons. The summed E-state index contributed by atoms with van der Waals surface area (Å²) in [4.78, 5) is 10.9. The predicted octanol–water partition coefficient (Wildman–Crippen LogP) is 9.18. The number of nitrogens with zero attached hydrogens (tertiary/aromatic N) is 1. The van der Waals surface area contributed by atoms with Crippen molar-refractivity contribution in [3.05, 3.63) is 76.5 Å². The van der Waals surface area contributed by atoms with Crippen molar-refractivity contribution >= 4 is 19.2 Å². The Balaban J connectivity index is 1.60. The van der Waals surface area contributed by atoms with Crippen LogP contribution in [-0.2, 0) is 11.0 Å². The molecule has 1 atom stereocenters. The molecule has 0 aromatic heterocycles. The van der Waals surface area contributed by atoms with Crippen LogP contribution in [0, 0.1) is 10.1 Å². The highest BCUT2D eigenvalue weighted by molar-refractivity contribution is 6.89. The lowest BCUT2D eigenvalue weighted by atomic mass is 10.0. The molecule has 2 rings (SSSR count). The summed E-state index contributed by atoms with van der Waals surface area (Å²) in [5.74, 6) is 0.863. The van der Waals surface area contributed by atoms with Gasteiger partial charge in [-0.3, -0.25) is 10.1 Å². The Bertz CT molecular complexity index is 933. The van der Waals surface area contributed by atoms with Crippen molar-refractivity contribution in [2.24, 2.45) is 0 Å². The molecule has 0 saturated heterocycles. The molecular formula is C32H49NO4Si. The van der Waals surface area contributed by atoms with E-state index in [0.717, 1.165) is 24.0 Å². The summed E-state index contributed by atoms with van der Waals surface area (Å²) >= 11 is 0. The number of nitro groups is 1. The molecule has 0 bridgehead atoms. The monoisotopic (exact) mass is 539 g/mol. The smallest absolute Gasteiger partial charge is 0.274 e. The zero-order chi connectivity index (χ0) is 27.5. The Kier molecular flexibility index (Phi) is 15.7. The zero-order valence-electron chi connectivity index (χ0n) is 23.8. The second-order valence-electron chi connectivity index (χ2n) is 10.5. The molecule has 2 aromatic carbocycles. The Morgan fingerprint density at radius 2 is 1.34 bits per heavy atom. The van der Waals surface area contributed by atoms with Gasteiger partial charge in [0.25, 0.3) is 5.69 Å². The largest absolute Gasteiger partial charge is 0.494 e. The Labute approximate surface area is 231 Å². The highest BCUT2D eigenvalue weighted by Gasteiger charge is 2.29. The molecule has 0 spiro atoms. The topological polar surface area (TPSA) is 61.6 Å². The zero-order valence-corrected chi connectivity index (χ0v) is 24.8. The molecule has 38 heavy (non-hydrogen) atoms. The summed E-state index contributed by atoms with van der Waals surface area (Å²) in [6, 6.07) is 14.8. The molecule has 0 aliphatic heterocycles. The maximum Gasteiger partial charge on any atom is 0.274 e. The lowest BCUT2D eigenvalue weighted by Gasteiger charge is -2.24. The molecule has 6 heteroatoms.